The van der Waals surface area contributed by atoms with Gasteiger partial charge < -0.3 is 20.3 Å². The number of amides is 1. The average Bonchev–Trinajstić information content (AvgIpc) is 3.29. The Kier molecular flexibility index (Phi) is 52.1. The molecule has 3 N–H and O–H groups in total. The van der Waals surface area contributed by atoms with E-state index >= 15 is 0 Å². The third-order valence-corrected chi connectivity index (χ3v) is 12.9. The molecule has 1 amide bonds. The van der Waals surface area contributed by atoms with Crippen LogP contribution in [0.2, 0.25) is 0 Å². The van der Waals surface area contributed by atoms with Gasteiger partial charge in [0, 0.05) is 12.8 Å². The Labute approximate surface area is 398 Å². The first-order valence-electron chi connectivity index (χ1n) is 28.3. The summed E-state index contributed by atoms with van der Waals surface area (Å²) in [5.74, 6) is -0.0995. The van der Waals surface area contributed by atoms with E-state index in [-0.39, 0.29) is 18.5 Å². The molecule has 0 aromatic carbocycles. The molecule has 6 nitrogen and oxygen atoms in total. The first kappa shape index (κ1) is 62.1. The quantitative estimate of drug-likeness (QED) is 0.0321. The number of carbonyl (C=O) groups is 2. The van der Waals surface area contributed by atoms with Crippen molar-refractivity contribution in [2.24, 2.45) is 0 Å². The van der Waals surface area contributed by atoms with Crippen molar-refractivity contribution in [1.82, 2.24) is 5.32 Å². The van der Waals surface area contributed by atoms with Crippen molar-refractivity contribution in [3.05, 3.63) is 36.5 Å². The highest BCUT2D eigenvalue weighted by atomic mass is 16.5. The van der Waals surface area contributed by atoms with E-state index in [1.54, 1.807) is 6.08 Å². The van der Waals surface area contributed by atoms with E-state index in [9.17, 15) is 19.8 Å². The van der Waals surface area contributed by atoms with E-state index in [1.807, 2.05) is 6.08 Å². The largest absolute Gasteiger partial charge is 0.466 e. The van der Waals surface area contributed by atoms with Gasteiger partial charge in [0.15, 0.2) is 0 Å². The molecule has 376 valence electrons. The first-order chi connectivity index (χ1) is 31.5. The van der Waals surface area contributed by atoms with Crippen molar-refractivity contribution in [3.63, 3.8) is 0 Å². The molecule has 0 saturated heterocycles. The van der Waals surface area contributed by atoms with E-state index in [1.165, 1.54) is 186 Å². The third kappa shape index (κ3) is 49.5. The second-order valence-electron chi connectivity index (χ2n) is 19.3. The number of hydrogen-bond donors (Lipinski definition) is 3. The molecule has 0 aromatic heterocycles. The van der Waals surface area contributed by atoms with Crippen molar-refractivity contribution >= 4 is 11.9 Å². The molecule has 0 heterocycles. The minimum Gasteiger partial charge on any atom is -0.466 e. The van der Waals surface area contributed by atoms with E-state index in [0.29, 0.717) is 19.4 Å². The van der Waals surface area contributed by atoms with Crippen molar-refractivity contribution in [3.8, 4) is 0 Å². The standard InChI is InChI=1S/C58H109NO5/c1-3-5-7-9-11-13-15-16-17-18-19-21-24-27-31-34-38-42-46-50-56(61)55(54-60)59-57(62)51-47-43-39-35-32-28-25-22-20-23-26-29-33-37-41-45-49-53-64-58(63)52-48-44-40-36-30-14-12-10-8-6-4-2/h20,23,29,33,46,50,55-56,60-61H,3-19,21-22,24-28,30-32,34-45,47-49,51-54H2,1-2H3,(H,59,62)/b23-20-,33-29-,50-46+. The number of aliphatic hydroxyl groups is 2. The van der Waals surface area contributed by atoms with Crippen LogP contribution in [0, 0.1) is 0 Å². The van der Waals surface area contributed by atoms with Gasteiger partial charge in [0.25, 0.3) is 0 Å². The van der Waals surface area contributed by atoms with Crippen LogP contribution in [0.15, 0.2) is 36.5 Å². The summed E-state index contributed by atoms with van der Waals surface area (Å²) in [7, 11) is 0. The van der Waals surface area contributed by atoms with Gasteiger partial charge >= 0.3 is 5.97 Å². The summed E-state index contributed by atoms with van der Waals surface area (Å²) in [5.41, 5.74) is 0. The van der Waals surface area contributed by atoms with Gasteiger partial charge in [-0.1, -0.05) is 249 Å². The minimum absolute atomic E-state index is 0.0169. The van der Waals surface area contributed by atoms with Gasteiger partial charge in [-0.15, -0.1) is 0 Å². The molecule has 0 fully saturated rings. The number of carbonyl (C=O) groups excluding carboxylic acids is 2. The maximum absolute atomic E-state index is 12.5. The summed E-state index contributed by atoms with van der Waals surface area (Å²) in [4.78, 5) is 24.4. The number of aliphatic hydroxyl groups excluding tert-OH is 2. The molecule has 0 saturated carbocycles. The van der Waals surface area contributed by atoms with Crippen LogP contribution in [-0.4, -0.2) is 47.4 Å². The van der Waals surface area contributed by atoms with Gasteiger partial charge in [-0.05, 0) is 70.6 Å². The highest BCUT2D eigenvalue weighted by Gasteiger charge is 2.18. The predicted molar refractivity (Wildman–Crippen MR) is 278 cm³/mol. The summed E-state index contributed by atoms with van der Waals surface area (Å²) in [6, 6.07) is -0.640. The van der Waals surface area contributed by atoms with Crippen LogP contribution in [-0.2, 0) is 14.3 Å². The van der Waals surface area contributed by atoms with Crippen LogP contribution >= 0.6 is 0 Å². The number of unbranched alkanes of at least 4 members (excludes halogenated alkanes) is 37. The molecule has 0 spiro atoms. The van der Waals surface area contributed by atoms with Crippen LogP contribution in [0.1, 0.15) is 296 Å². The number of ether oxygens (including phenoxy) is 1. The zero-order chi connectivity index (χ0) is 46.5. The molecule has 0 aliphatic heterocycles. The summed E-state index contributed by atoms with van der Waals surface area (Å²) >= 11 is 0. The second-order valence-corrected chi connectivity index (χ2v) is 19.3. The Morgan fingerprint density at radius 1 is 0.438 bits per heavy atom. The van der Waals surface area contributed by atoms with Gasteiger partial charge in [-0.2, -0.15) is 0 Å². The Bertz CT molecular complexity index is 1040. The van der Waals surface area contributed by atoms with Crippen molar-refractivity contribution in [2.45, 2.75) is 309 Å². The monoisotopic (exact) mass is 900 g/mol. The SMILES string of the molecule is CCCCCCCCCCCCCCCCCCC/C=C/C(O)C(CO)NC(=O)CCCCCCCCC/C=C\C/C=C\CCCCCOC(=O)CCCCCCCCCCCCC. The number of allylic oxidation sites excluding steroid dienone is 5. The van der Waals surface area contributed by atoms with Crippen molar-refractivity contribution < 1.29 is 24.5 Å². The fraction of sp³-hybridized carbons (Fsp3) is 0.862. The molecular weight excluding hydrogens is 791 g/mol. The second kappa shape index (κ2) is 53.7. The first-order valence-corrected chi connectivity index (χ1v) is 28.3. The van der Waals surface area contributed by atoms with E-state index < -0.39 is 12.1 Å². The minimum atomic E-state index is -0.855. The van der Waals surface area contributed by atoms with E-state index in [4.69, 9.17) is 4.74 Å². The Balaban J connectivity index is 3.54. The zero-order valence-electron chi connectivity index (χ0n) is 42.8. The fourth-order valence-electron chi connectivity index (χ4n) is 8.55. The van der Waals surface area contributed by atoms with Crippen molar-refractivity contribution in [2.75, 3.05) is 13.2 Å². The molecule has 0 aromatic rings. The zero-order valence-corrected chi connectivity index (χ0v) is 42.8. The Morgan fingerprint density at radius 3 is 1.19 bits per heavy atom. The highest BCUT2D eigenvalue weighted by Crippen LogP contribution is 2.16. The lowest BCUT2D eigenvalue weighted by atomic mass is 10.0. The van der Waals surface area contributed by atoms with Gasteiger partial charge in [0.05, 0.1) is 25.4 Å². The number of nitrogens with one attached hydrogen (secondary N) is 1. The highest BCUT2D eigenvalue weighted by molar-refractivity contribution is 5.76. The maximum atomic E-state index is 12.5. The molecule has 0 aliphatic rings. The molecule has 2 atom stereocenters. The maximum Gasteiger partial charge on any atom is 0.305 e. The molecule has 6 heteroatoms. The van der Waals surface area contributed by atoms with Gasteiger partial charge in [-0.3, -0.25) is 9.59 Å². The van der Waals surface area contributed by atoms with Crippen molar-refractivity contribution in [1.29, 1.82) is 0 Å². The Hall–Kier alpha value is -1.92. The number of esters is 1. The average molecular weight is 901 g/mol. The molecule has 2 unspecified atom stereocenters. The van der Waals surface area contributed by atoms with Crippen LogP contribution < -0.4 is 5.32 Å². The smallest absolute Gasteiger partial charge is 0.305 e. The van der Waals surface area contributed by atoms with Crippen LogP contribution in [0.4, 0.5) is 0 Å². The predicted octanol–water partition coefficient (Wildman–Crippen LogP) is 17.2. The topological polar surface area (TPSA) is 95.9 Å². The van der Waals surface area contributed by atoms with Gasteiger partial charge in [0.1, 0.15) is 0 Å². The number of hydrogen-bond acceptors (Lipinski definition) is 5. The molecular formula is C58H109NO5. The van der Waals surface area contributed by atoms with E-state index in [0.717, 1.165) is 83.5 Å². The molecule has 0 radical (unpaired) electrons. The summed E-state index contributed by atoms with van der Waals surface area (Å²) in [5, 5.41) is 23.1. The lowest BCUT2D eigenvalue weighted by molar-refractivity contribution is -0.143. The van der Waals surface area contributed by atoms with Crippen LogP contribution in [0.3, 0.4) is 0 Å². The molecule has 0 aliphatic carbocycles. The summed E-state index contributed by atoms with van der Waals surface area (Å²) in [6.45, 7) is 4.86. The van der Waals surface area contributed by atoms with Crippen LogP contribution in [0.5, 0.6) is 0 Å². The molecule has 0 rings (SSSR count). The van der Waals surface area contributed by atoms with E-state index in [2.05, 4.69) is 43.5 Å². The summed E-state index contributed by atoms with van der Waals surface area (Å²) < 4.78 is 5.43. The number of rotatable bonds is 52. The lowest BCUT2D eigenvalue weighted by Crippen LogP contribution is -2.45. The normalized spacial score (nSPS) is 12.9. The molecule has 64 heavy (non-hydrogen) atoms. The van der Waals surface area contributed by atoms with Gasteiger partial charge in [-0.25, -0.2) is 0 Å². The summed E-state index contributed by atoms with van der Waals surface area (Å²) in [6.07, 6.45) is 65.9. The fourth-order valence-corrected chi connectivity index (χ4v) is 8.55. The van der Waals surface area contributed by atoms with Crippen LogP contribution in [0.25, 0.3) is 0 Å². The lowest BCUT2D eigenvalue weighted by Gasteiger charge is -2.20. The molecule has 0 bridgehead atoms. The Morgan fingerprint density at radius 2 is 0.781 bits per heavy atom. The third-order valence-electron chi connectivity index (χ3n) is 12.9. The van der Waals surface area contributed by atoms with Gasteiger partial charge in [0.2, 0.25) is 5.91 Å².